The van der Waals surface area contributed by atoms with E-state index in [1.54, 1.807) is 0 Å². The SMILES string of the molecule is CCOCCCNC(=O)c1cc(Nc2ccccc2CC)nc2ccccc12. The van der Waals surface area contributed by atoms with Gasteiger partial charge < -0.3 is 15.4 Å². The summed E-state index contributed by atoms with van der Waals surface area (Å²) in [5.41, 5.74) is 3.63. The number of hydrogen-bond donors (Lipinski definition) is 2. The van der Waals surface area contributed by atoms with Crippen LogP contribution in [0.2, 0.25) is 0 Å². The van der Waals surface area contributed by atoms with Crippen LogP contribution in [0.5, 0.6) is 0 Å². The zero-order valence-corrected chi connectivity index (χ0v) is 16.5. The van der Waals surface area contributed by atoms with E-state index in [0.717, 1.165) is 29.4 Å². The minimum absolute atomic E-state index is 0.0954. The molecule has 1 aromatic heterocycles. The Morgan fingerprint density at radius 2 is 1.86 bits per heavy atom. The Labute approximate surface area is 166 Å². The Hall–Kier alpha value is -2.92. The van der Waals surface area contributed by atoms with E-state index in [1.165, 1.54) is 5.56 Å². The lowest BCUT2D eigenvalue weighted by atomic mass is 10.1. The number of para-hydroxylation sites is 2. The average molecular weight is 377 g/mol. The summed E-state index contributed by atoms with van der Waals surface area (Å²) in [7, 11) is 0. The normalized spacial score (nSPS) is 10.8. The van der Waals surface area contributed by atoms with Crippen molar-refractivity contribution in [3.05, 3.63) is 65.7 Å². The molecule has 0 unspecified atom stereocenters. The van der Waals surface area contributed by atoms with Gasteiger partial charge in [0, 0.05) is 30.8 Å². The molecule has 0 spiro atoms. The number of nitrogens with zero attached hydrogens (tertiary/aromatic N) is 1. The summed E-state index contributed by atoms with van der Waals surface area (Å²) in [4.78, 5) is 17.5. The van der Waals surface area contributed by atoms with E-state index in [-0.39, 0.29) is 5.91 Å². The summed E-state index contributed by atoms with van der Waals surface area (Å²) in [6.07, 6.45) is 1.71. The minimum atomic E-state index is -0.0954. The third kappa shape index (κ3) is 4.87. The molecule has 1 heterocycles. The van der Waals surface area contributed by atoms with Gasteiger partial charge in [0.1, 0.15) is 5.82 Å². The maximum absolute atomic E-state index is 12.8. The van der Waals surface area contributed by atoms with Crippen LogP contribution in [0.3, 0.4) is 0 Å². The smallest absolute Gasteiger partial charge is 0.252 e. The molecule has 146 valence electrons. The number of pyridine rings is 1. The first-order chi connectivity index (χ1) is 13.7. The van der Waals surface area contributed by atoms with E-state index in [1.807, 2.05) is 55.5 Å². The van der Waals surface area contributed by atoms with Gasteiger partial charge in [0.05, 0.1) is 11.1 Å². The largest absolute Gasteiger partial charge is 0.382 e. The highest BCUT2D eigenvalue weighted by atomic mass is 16.5. The van der Waals surface area contributed by atoms with Crippen LogP contribution in [0, 0.1) is 0 Å². The van der Waals surface area contributed by atoms with Crippen LogP contribution >= 0.6 is 0 Å². The van der Waals surface area contributed by atoms with Gasteiger partial charge in [-0.1, -0.05) is 43.3 Å². The molecule has 3 aromatic rings. The van der Waals surface area contributed by atoms with E-state index in [2.05, 4.69) is 23.6 Å². The summed E-state index contributed by atoms with van der Waals surface area (Å²) >= 11 is 0. The van der Waals surface area contributed by atoms with E-state index in [4.69, 9.17) is 9.72 Å². The van der Waals surface area contributed by atoms with Crippen molar-refractivity contribution in [2.45, 2.75) is 26.7 Å². The highest BCUT2D eigenvalue weighted by molar-refractivity contribution is 6.07. The molecule has 1 amide bonds. The van der Waals surface area contributed by atoms with E-state index >= 15 is 0 Å². The molecule has 0 saturated heterocycles. The van der Waals surface area contributed by atoms with Crippen molar-refractivity contribution in [2.75, 3.05) is 25.1 Å². The summed E-state index contributed by atoms with van der Waals surface area (Å²) < 4.78 is 5.33. The molecule has 0 aliphatic rings. The molecule has 5 heteroatoms. The van der Waals surface area contributed by atoms with Crippen molar-refractivity contribution in [1.82, 2.24) is 10.3 Å². The Morgan fingerprint density at radius 3 is 2.68 bits per heavy atom. The molecule has 0 aliphatic heterocycles. The number of rotatable bonds is 9. The van der Waals surface area contributed by atoms with Crippen LogP contribution in [-0.4, -0.2) is 30.6 Å². The third-order valence-electron chi connectivity index (χ3n) is 4.58. The lowest BCUT2D eigenvalue weighted by Gasteiger charge is -2.13. The predicted octanol–water partition coefficient (Wildman–Crippen LogP) is 4.70. The second kappa shape index (κ2) is 9.85. The van der Waals surface area contributed by atoms with Crippen molar-refractivity contribution in [2.24, 2.45) is 0 Å². The molecule has 0 saturated carbocycles. The molecule has 3 rings (SSSR count). The molecule has 2 aromatic carbocycles. The fourth-order valence-electron chi connectivity index (χ4n) is 3.13. The summed E-state index contributed by atoms with van der Waals surface area (Å²) in [5.74, 6) is 0.570. The predicted molar refractivity (Wildman–Crippen MR) is 114 cm³/mol. The Bertz CT molecular complexity index is 940. The number of amides is 1. The van der Waals surface area contributed by atoms with E-state index in [0.29, 0.717) is 31.1 Å². The number of benzene rings is 2. The number of anilines is 2. The highest BCUT2D eigenvalue weighted by Crippen LogP contribution is 2.25. The topological polar surface area (TPSA) is 63.2 Å². The molecule has 0 atom stereocenters. The van der Waals surface area contributed by atoms with Crippen molar-refractivity contribution in [3.63, 3.8) is 0 Å². The number of nitrogens with one attached hydrogen (secondary N) is 2. The zero-order valence-electron chi connectivity index (χ0n) is 16.5. The van der Waals surface area contributed by atoms with Gasteiger partial charge in [-0.2, -0.15) is 0 Å². The lowest BCUT2D eigenvalue weighted by Crippen LogP contribution is -2.25. The quantitative estimate of drug-likeness (QED) is 0.531. The maximum atomic E-state index is 12.8. The number of hydrogen-bond acceptors (Lipinski definition) is 4. The van der Waals surface area contributed by atoms with Gasteiger partial charge in [0.25, 0.3) is 5.91 Å². The summed E-state index contributed by atoms with van der Waals surface area (Å²) in [6.45, 7) is 6.00. The second-order valence-electron chi connectivity index (χ2n) is 6.51. The van der Waals surface area contributed by atoms with Crippen LogP contribution in [-0.2, 0) is 11.2 Å². The van der Waals surface area contributed by atoms with Gasteiger partial charge in [-0.05, 0) is 43.5 Å². The van der Waals surface area contributed by atoms with Gasteiger partial charge in [0.2, 0.25) is 0 Å². The molecule has 28 heavy (non-hydrogen) atoms. The van der Waals surface area contributed by atoms with E-state index in [9.17, 15) is 4.79 Å². The molecule has 0 bridgehead atoms. The number of aryl methyl sites for hydroxylation is 1. The van der Waals surface area contributed by atoms with Crippen LogP contribution in [0.1, 0.15) is 36.2 Å². The van der Waals surface area contributed by atoms with Crippen LogP contribution in [0.25, 0.3) is 10.9 Å². The Balaban J connectivity index is 1.86. The highest BCUT2D eigenvalue weighted by Gasteiger charge is 2.13. The average Bonchev–Trinajstić information content (AvgIpc) is 2.73. The van der Waals surface area contributed by atoms with Gasteiger partial charge in [-0.3, -0.25) is 4.79 Å². The number of carbonyl (C=O) groups is 1. The van der Waals surface area contributed by atoms with Gasteiger partial charge >= 0.3 is 0 Å². The zero-order chi connectivity index (χ0) is 19.8. The van der Waals surface area contributed by atoms with Gasteiger partial charge in [-0.15, -0.1) is 0 Å². The number of carbonyl (C=O) groups excluding carboxylic acids is 1. The first-order valence-electron chi connectivity index (χ1n) is 9.83. The number of aromatic nitrogens is 1. The van der Waals surface area contributed by atoms with Crippen LogP contribution in [0.15, 0.2) is 54.6 Å². The van der Waals surface area contributed by atoms with E-state index < -0.39 is 0 Å². The van der Waals surface area contributed by atoms with Gasteiger partial charge in [0.15, 0.2) is 0 Å². The molecular weight excluding hydrogens is 350 g/mol. The standard InChI is InChI=1S/C23H27N3O2/c1-3-17-10-5-7-12-20(17)25-22-16-19(18-11-6-8-13-21(18)26-22)23(27)24-14-9-15-28-4-2/h5-8,10-13,16H,3-4,9,14-15H2,1-2H3,(H,24,27)(H,25,26). The molecule has 0 fully saturated rings. The third-order valence-corrected chi connectivity index (χ3v) is 4.58. The Kier molecular flexibility index (Phi) is 6.98. The summed E-state index contributed by atoms with van der Waals surface area (Å²) in [6, 6.07) is 17.7. The number of ether oxygens (including phenoxy) is 1. The number of fused-ring (bicyclic) bond motifs is 1. The fourth-order valence-corrected chi connectivity index (χ4v) is 3.13. The van der Waals surface area contributed by atoms with Crippen molar-refractivity contribution < 1.29 is 9.53 Å². The molecular formula is C23H27N3O2. The Morgan fingerprint density at radius 1 is 1.07 bits per heavy atom. The maximum Gasteiger partial charge on any atom is 0.252 e. The van der Waals surface area contributed by atoms with Gasteiger partial charge in [-0.25, -0.2) is 4.98 Å². The minimum Gasteiger partial charge on any atom is -0.382 e. The van der Waals surface area contributed by atoms with Crippen LogP contribution in [0.4, 0.5) is 11.5 Å². The fraction of sp³-hybridized carbons (Fsp3) is 0.304. The second-order valence-corrected chi connectivity index (χ2v) is 6.51. The molecule has 2 N–H and O–H groups in total. The van der Waals surface area contributed by atoms with Crippen molar-refractivity contribution in [3.8, 4) is 0 Å². The molecule has 0 radical (unpaired) electrons. The van der Waals surface area contributed by atoms with Crippen molar-refractivity contribution in [1.29, 1.82) is 0 Å². The lowest BCUT2D eigenvalue weighted by molar-refractivity contribution is 0.0946. The first-order valence-corrected chi connectivity index (χ1v) is 9.83. The molecule has 0 aliphatic carbocycles. The first kappa shape index (κ1) is 19.8. The molecule has 5 nitrogen and oxygen atoms in total. The summed E-state index contributed by atoms with van der Waals surface area (Å²) in [5, 5.41) is 7.22. The van der Waals surface area contributed by atoms with Crippen molar-refractivity contribution >= 4 is 28.3 Å². The van der Waals surface area contributed by atoms with Crippen LogP contribution < -0.4 is 10.6 Å². The monoisotopic (exact) mass is 377 g/mol.